The topological polar surface area (TPSA) is 31.4 Å². The molecule has 7 heteroatoms. The highest BCUT2D eigenvalue weighted by molar-refractivity contribution is 6.62. The van der Waals surface area contributed by atoms with E-state index in [1.165, 1.54) is 6.20 Å². The first-order chi connectivity index (χ1) is 10.5. The van der Waals surface area contributed by atoms with Gasteiger partial charge in [0.15, 0.2) is 0 Å². The van der Waals surface area contributed by atoms with E-state index in [2.05, 4.69) is 4.98 Å². The van der Waals surface area contributed by atoms with Gasteiger partial charge in [-0.05, 0) is 45.3 Å². The van der Waals surface area contributed by atoms with Gasteiger partial charge in [0.1, 0.15) is 0 Å². The Kier molecular flexibility index (Phi) is 3.50. The minimum absolute atomic E-state index is 0.0692. The summed E-state index contributed by atoms with van der Waals surface area (Å²) in [7, 11) is -0.842. The normalized spacial score (nSPS) is 20.2. The van der Waals surface area contributed by atoms with Crippen molar-refractivity contribution < 1.29 is 22.5 Å². The van der Waals surface area contributed by atoms with Gasteiger partial charge in [-0.2, -0.15) is 13.2 Å². The molecule has 3 rings (SSSR count). The lowest BCUT2D eigenvalue weighted by Gasteiger charge is -2.32. The lowest BCUT2D eigenvalue weighted by atomic mass is 9.77. The number of fused-ring (bicyclic) bond motifs is 1. The van der Waals surface area contributed by atoms with Crippen LogP contribution in [0.4, 0.5) is 13.2 Å². The Morgan fingerprint density at radius 2 is 1.65 bits per heavy atom. The third kappa shape index (κ3) is 2.72. The second-order valence-corrected chi connectivity index (χ2v) is 6.73. The van der Waals surface area contributed by atoms with E-state index in [1.54, 1.807) is 18.2 Å². The van der Waals surface area contributed by atoms with Crippen LogP contribution < -0.4 is 5.46 Å². The van der Waals surface area contributed by atoms with Crippen LogP contribution in [0.15, 0.2) is 30.5 Å². The van der Waals surface area contributed by atoms with Crippen molar-refractivity contribution in [3.8, 4) is 0 Å². The molecular weight excluding hydrogens is 306 g/mol. The van der Waals surface area contributed by atoms with Crippen LogP contribution in [0, 0.1) is 0 Å². The Hall–Kier alpha value is -1.60. The molecule has 3 nitrogen and oxygen atoms in total. The fourth-order valence-corrected chi connectivity index (χ4v) is 2.55. The zero-order chi connectivity index (χ0) is 17.0. The van der Waals surface area contributed by atoms with Crippen molar-refractivity contribution in [2.75, 3.05) is 0 Å². The molecule has 0 aliphatic carbocycles. The highest BCUT2D eigenvalue weighted by Crippen LogP contribution is 2.38. The number of benzene rings is 1. The molecule has 1 aromatic heterocycles. The fraction of sp³-hybridized carbons (Fsp3) is 0.438. The summed E-state index contributed by atoms with van der Waals surface area (Å²) < 4.78 is 51.8. The molecule has 1 saturated heterocycles. The standard InChI is InChI=1S/C16H17BF3NO2/c1-14(2)15(3,4)23-17(22-14)11-8-10-6-5-7-21-13(10)12(9-11)16(18,19)20/h5-9H,1-4H3. The van der Waals surface area contributed by atoms with Crippen LogP contribution in [0.25, 0.3) is 10.9 Å². The van der Waals surface area contributed by atoms with Crippen molar-refractivity contribution in [1.29, 1.82) is 0 Å². The molecule has 1 fully saturated rings. The molecule has 0 amide bonds. The van der Waals surface area contributed by atoms with Gasteiger partial charge in [0, 0.05) is 11.6 Å². The first-order valence-corrected chi connectivity index (χ1v) is 7.33. The van der Waals surface area contributed by atoms with Crippen molar-refractivity contribution in [2.24, 2.45) is 0 Å². The SMILES string of the molecule is CC1(C)OB(c2cc(C(F)(F)F)c3ncccc3c2)OC1(C)C. The van der Waals surface area contributed by atoms with Crippen molar-refractivity contribution >= 4 is 23.5 Å². The first kappa shape index (κ1) is 16.3. The summed E-state index contributed by atoms with van der Waals surface area (Å²) in [6.45, 7) is 7.45. The highest BCUT2D eigenvalue weighted by Gasteiger charge is 2.52. The van der Waals surface area contributed by atoms with E-state index in [9.17, 15) is 13.2 Å². The van der Waals surface area contributed by atoms with Gasteiger partial charge in [-0.25, -0.2) is 0 Å². The number of pyridine rings is 1. The highest BCUT2D eigenvalue weighted by atomic mass is 19.4. The van der Waals surface area contributed by atoms with Crippen LogP contribution in [0.5, 0.6) is 0 Å². The molecule has 0 saturated carbocycles. The van der Waals surface area contributed by atoms with Crippen molar-refractivity contribution in [3.63, 3.8) is 0 Å². The zero-order valence-corrected chi connectivity index (χ0v) is 13.4. The van der Waals surface area contributed by atoms with Crippen LogP contribution in [0.1, 0.15) is 33.3 Å². The van der Waals surface area contributed by atoms with Gasteiger partial charge < -0.3 is 9.31 Å². The molecule has 0 bridgehead atoms. The van der Waals surface area contributed by atoms with E-state index in [-0.39, 0.29) is 5.52 Å². The molecule has 0 atom stereocenters. The smallest absolute Gasteiger partial charge is 0.399 e. The average molecular weight is 323 g/mol. The lowest BCUT2D eigenvalue weighted by molar-refractivity contribution is -0.136. The number of nitrogens with zero attached hydrogens (tertiary/aromatic N) is 1. The molecule has 1 aliphatic heterocycles. The largest absolute Gasteiger partial charge is 0.494 e. The Labute approximate surface area is 132 Å². The summed E-state index contributed by atoms with van der Waals surface area (Å²) in [6.07, 6.45) is -3.14. The molecule has 0 unspecified atom stereocenters. The summed E-state index contributed by atoms with van der Waals surface area (Å²) in [5.41, 5.74) is -1.73. The van der Waals surface area contributed by atoms with Crippen LogP contribution in [0.2, 0.25) is 0 Å². The number of rotatable bonds is 1. The van der Waals surface area contributed by atoms with E-state index in [0.29, 0.717) is 10.8 Å². The molecule has 0 N–H and O–H groups in total. The zero-order valence-electron chi connectivity index (χ0n) is 13.4. The first-order valence-electron chi connectivity index (χ1n) is 7.33. The summed E-state index contributed by atoms with van der Waals surface area (Å²) in [5, 5.41) is 0.409. The Morgan fingerprint density at radius 3 is 2.22 bits per heavy atom. The summed E-state index contributed by atoms with van der Waals surface area (Å²) >= 11 is 0. The summed E-state index contributed by atoms with van der Waals surface area (Å²) in [4.78, 5) is 3.87. The second kappa shape index (κ2) is 4.95. The molecule has 122 valence electrons. The van der Waals surface area contributed by atoms with Crippen LogP contribution in [0.3, 0.4) is 0 Å². The van der Waals surface area contributed by atoms with E-state index in [0.717, 1.165) is 6.07 Å². The Bertz CT molecular complexity index is 743. The number of hydrogen-bond acceptors (Lipinski definition) is 3. The van der Waals surface area contributed by atoms with E-state index in [4.69, 9.17) is 9.31 Å². The number of alkyl halides is 3. The van der Waals surface area contributed by atoms with Crippen molar-refractivity contribution in [2.45, 2.75) is 45.1 Å². The van der Waals surface area contributed by atoms with E-state index in [1.807, 2.05) is 27.7 Å². The predicted molar refractivity (Wildman–Crippen MR) is 82.5 cm³/mol. The maximum Gasteiger partial charge on any atom is 0.494 e. The molecule has 23 heavy (non-hydrogen) atoms. The van der Waals surface area contributed by atoms with E-state index < -0.39 is 30.1 Å². The molecule has 1 aromatic carbocycles. The van der Waals surface area contributed by atoms with Gasteiger partial charge >= 0.3 is 13.3 Å². The lowest BCUT2D eigenvalue weighted by Crippen LogP contribution is -2.41. The molecule has 1 aliphatic rings. The third-order valence-electron chi connectivity index (χ3n) is 4.56. The minimum atomic E-state index is -4.49. The van der Waals surface area contributed by atoms with Crippen LogP contribution >= 0.6 is 0 Å². The average Bonchev–Trinajstić information content (AvgIpc) is 2.65. The Balaban J connectivity index is 2.13. The molecule has 2 heterocycles. The van der Waals surface area contributed by atoms with Crippen LogP contribution in [-0.2, 0) is 15.5 Å². The van der Waals surface area contributed by atoms with Gasteiger partial charge in [0.25, 0.3) is 0 Å². The number of halogens is 3. The maximum atomic E-state index is 13.4. The maximum absolute atomic E-state index is 13.4. The van der Waals surface area contributed by atoms with E-state index >= 15 is 0 Å². The number of hydrogen-bond donors (Lipinski definition) is 0. The van der Waals surface area contributed by atoms with Gasteiger partial charge in [-0.3, -0.25) is 4.98 Å². The molecule has 0 spiro atoms. The fourth-order valence-electron chi connectivity index (χ4n) is 2.55. The Morgan fingerprint density at radius 1 is 1.04 bits per heavy atom. The summed E-state index contributed by atoms with van der Waals surface area (Å²) in [5.74, 6) is 0. The van der Waals surface area contributed by atoms with Crippen molar-refractivity contribution in [1.82, 2.24) is 4.98 Å². The van der Waals surface area contributed by atoms with Gasteiger partial charge in [0.2, 0.25) is 0 Å². The van der Waals surface area contributed by atoms with Crippen LogP contribution in [-0.4, -0.2) is 23.3 Å². The monoisotopic (exact) mass is 323 g/mol. The predicted octanol–water partition coefficient (Wildman–Crippen LogP) is 3.55. The van der Waals surface area contributed by atoms with Crippen molar-refractivity contribution in [3.05, 3.63) is 36.0 Å². The molecule has 0 radical (unpaired) electrons. The van der Waals surface area contributed by atoms with Gasteiger partial charge in [-0.1, -0.05) is 12.1 Å². The molecule has 2 aromatic rings. The summed E-state index contributed by atoms with van der Waals surface area (Å²) in [6, 6.07) is 5.92. The minimum Gasteiger partial charge on any atom is -0.399 e. The third-order valence-corrected chi connectivity index (χ3v) is 4.56. The quantitative estimate of drug-likeness (QED) is 0.752. The second-order valence-electron chi connectivity index (χ2n) is 6.73. The number of aromatic nitrogens is 1. The van der Waals surface area contributed by atoms with Gasteiger partial charge in [-0.15, -0.1) is 0 Å². The van der Waals surface area contributed by atoms with Gasteiger partial charge in [0.05, 0.1) is 22.3 Å². The molecular formula is C16H17BF3NO2.